The fraction of sp³-hybridized carbons (Fsp3) is 0.222. The molecule has 0 aromatic heterocycles. The predicted octanol–water partition coefficient (Wildman–Crippen LogP) is 0.367. The first-order valence-electron chi connectivity index (χ1n) is 4.06. The molecule has 0 bridgehead atoms. The fourth-order valence-corrected chi connectivity index (χ4v) is 0.841. The summed E-state index contributed by atoms with van der Waals surface area (Å²) in [6.07, 6.45) is 0. The summed E-state index contributed by atoms with van der Waals surface area (Å²) in [6.45, 7) is -0.268. The maximum Gasteiger partial charge on any atom is 0.0874 e. The smallest absolute Gasteiger partial charge is 0.0874 e. The molecule has 0 amide bonds. The zero-order valence-electron chi connectivity index (χ0n) is 7.75. The molecule has 0 atom stereocenters. The second kappa shape index (κ2) is 4.96. The number of hydrogen-bond acceptors (Lipinski definition) is 4. The highest BCUT2D eigenvalue weighted by atomic mass is 16.4. The molecule has 0 spiro atoms. The first kappa shape index (κ1) is 10.2. The van der Waals surface area contributed by atoms with E-state index in [-0.39, 0.29) is 6.54 Å². The van der Waals surface area contributed by atoms with Gasteiger partial charge >= 0.3 is 0 Å². The Morgan fingerprint density at radius 2 is 2.07 bits per heavy atom. The Kier molecular flexibility index (Phi) is 3.60. The molecule has 1 aromatic rings. The molecule has 0 heterocycles. The molecule has 14 heavy (non-hydrogen) atoms. The first-order chi connectivity index (χ1) is 6.68. The third kappa shape index (κ3) is 3.66. The van der Waals surface area contributed by atoms with Crippen molar-refractivity contribution in [1.82, 2.24) is 5.01 Å². The number of hydrogen-bond donors (Lipinski definition) is 0. The van der Waals surface area contributed by atoms with Crippen LogP contribution in [0.15, 0.2) is 40.7 Å². The van der Waals surface area contributed by atoms with Gasteiger partial charge in [-0.3, -0.25) is 5.01 Å². The molecule has 0 aliphatic heterocycles. The van der Waals surface area contributed by atoms with Gasteiger partial charge in [-0.05, 0) is 12.1 Å². The van der Waals surface area contributed by atoms with E-state index in [0.29, 0.717) is 5.69 Å². The quantitative estimate of drug-likeness (QED) is 0.511. The van der Waals surface area contributed by atoms with Crippen LogP contribution in [-0.2, 0) is 4.79 Å². The minimum atomic E-state index is -1.18. The molecule has 1 aromatic carbocycles. The van der Waals surface area contributed by atoms with Gasteiger partial charge < -0.3 is 9.90 Å². The summed E-state index contributed by atoms with van der Waals surface area (Å²) >= 11 is 0. The third-order valence-electron chi connectivity index (χ3n) is 1.43. The molecule has 0 saturated carbocycles. The maximum absolute atomic E-state index is 10.2. The Morgan fingerprint density at radius 3 is 2.64 bits per heavy atom. The molecular formula is C9H10N3O2-. The largest absolute Gasteiger partial charge is 0.548 e. The average molecular weight is 192 g/mol. The number of carbonyl (C=O) groups excluding carboxylic acids is 1. The van der Waals surface area contributed by atoms with Gasteiger partial charge in [0.1, 0.15) is 0 Å². The van der Waals surface area contributed by atoms with Crippen LogP contribution in [0.3, 0.4) is 0 Å². The highest BCUT2D eigenvalue weighted by Crippen LogP contribution is 2.10. The van der Waals surface area contributed by atoms with Crippen LogP contribution >= 0.6 is 0 Å². The summed E-state index contributed by atoms with van der Waals surface area (Å²) in [6, 6.07) is 9.07. The lowest BCUT2D eigenvalue weighted by atomic mass is 10.3. The van der Waals surface area contributed by atoms with E-state index in [4.69, 9.17) is 0 Å². The molecule has 0 saturated heterocycles. The van der Waals surface area contributed by atoms with Crippen molar-refractivity contribution in [2.45, 2.75) is 0 Å². The third-order valence-corrected chi connectivity index (χ3v) is 1.43. The van der Waals surface area contributed by atoms with Gasteiger partial charge in [-0.1, -0.05) is 23.4 Å². The SMILES string of the molecule is CN(CC(=O)[O-])N=Nc1ccccc1. The monoisotopic (exact) mass is 192 g/mol. The Hall–Kier alpha value is -1.91. The predicted molar refractivity (Wildman–Crippen MR) is 48.6 cm³/mol. The van der Waals surface area contributed by atoms with E-state index >= 15 is 0 Å². The van der Waals surface area contributed by atoms with Crippen LogP contribution in [0.4, 0.5) is 5.69 Å². The summed E-state index contributed by atoms with van der Waals surface area (Å²) in [4.78, 5) is 10.2. The van der Waals surface area contributed by atoms with Gasteiger partial charge in [0.2, 0.25) is 0 Å². The first-order valence-corrected chi connectivity index (χ1v) is 4.06. The molecule has 1 rings (SSSR count). The molecule has 0 unspecified atom stereocenters. The number of carbonyl (C=O) groups is 1. The van der Waals surface area contributed by atoms with E-state index in [1.807, 2.05) is 18.2 Å². The standard InChI is InChI=1S/C9H11N3O2/c1-12(7-9(13)14)11-10-8-5-3-2-4-6-8/h2-6H,7H2,1H3,(H,13,14)/p-1. The normalized spacial score (nSPS) is 10.4. The van der Waals surface area contributed by atoms with Crippen LogP contribution in [0.5, 0.6) is 0 Å². The highest BCUT2D eigenvalue weighted by Gasteiger charge is 1.92. The number of carboxylic acids is 1. The van der Waals surface area contributed by atoms with E-state index < -0.39 is 5.97 Å². The van der Waals surface area contributed by atoms with Gasteiger partial charge in [0.15, 0.2) is 0 Å². The maximum atomic E-state index is 10.2. The molecule has 5 nitrogen and oxygen atoms in total. The van der Waals surface area contributed by atoms with Gasteiger partial charge in [0.05, 0.1) is 18.2 Å². The lowest BCUT2D eigenvalue weighted by Crippen LogP contribution is -2.33. The summed E-state index contributed by atoms with van der Waals surface area (Å²) in [7, 11) is 1.52. The van der Waals surface area contributed by atoms with E-state index in [1.54, 1.807) is 12.1 Å². The van der Waals surface area contributed by atoms with Crippen molar-refractivity contribution in [2.24, 2.45) is 10.3 Å². The Morgan fingerprint density at radius 1 is 1.43 bits per heavy atom. The highest BCUT2D eigenvalue weighted by molar-refractivity contribution is 5.66. The fourth-order valence-electron chi connectivity index (χ4n) is 0.841. The number of aliphatic carboxylic acids is 1. The number of carboxylic acid groups (broad SMARTS) is 1. The Labute approximate surface area is 81.7 Å². The zero-order valence-corrected chi connectivity index (χ0v) is 7.75. The van der Waals surface area contributed by atoms with Crippen molar-refractivity contribution in [1.29, 1.82) is 0 Å². The molecule has 0 fully saturated rings. The number of benzene rings is 1. The van der Waals surface area contributed by atoms with E-state index in [0.717, 1.165) is 0 Å². The molecule has 5 heteroatoms. The van der Waals surface area contributed by atoms with Crippen LogP contribution in [0.2, 0.25) is 0 Å². The Balaban J connectivity index is 2.52. The second-order valence-corrected chi connectivity index (χ2v) is 2.71. The van der Waals surface area contributed by atoms with Crippen LogP contribution in [0.25, 0.3) is 0 Å². The molecule has 74 valence electrons. The molecular weight excluding hydrogens is 182 g/mol. The molecule has 0 radical (unpaired) electrons. The lowest BCUT2D eigenvalue weighted by Gasteiger charge is -2.10. The summed E-state index contributed by atoms with van der Waals surface area (Å²) < 4.78 is 0. The van der Waals surface area contributed by atoms with Crippen molar-refractivity contribution in [3.05, 3.63) is 30.3 Å². The van der Waals surface area contributed by atoms with Gasteiger partial charge in [-0.15, -0.1) is 5.11 Å². The minimum absolute atomic E-state index is 0.268. The van der Waals surface area contributed by atoms with E-state index in [1.165, 1.54) is 12.1 Å². The molecule has 0 N–H and O–H groups in total. The van der Waals surface area contributed by atoms with Crippen molar-refractivity contribution in [3.63, 3.8) is 0 Å². The van der Waals surface area contributed by atoms with Crippen molar-refractivity contribution in [3.8, 4) is 0 Å². The Bertz CT molecular complexity index is 324. The van der Waals surface area contributed by atoms with Gasteiger partial charge in [0, 0.05) is 7.05 Å². The van der Waals surface area contributed by atoms with Crippen molar-refractivity contribution >= 4 is 11.7 Å². The number of likely N-dealkylation sites (N-methyl/N-ethyl adjacent to an activating group) is 1. The van der Waals surface area contributed by atoms with Crippen LogP contribution in [0.1, 0.15) is 0 Å². The average Bonchev–Trinajstić information content (AvgIpc) is 2.15. The van der Waals surface area contributed by atoms with E-state index in [2.05, 4.69) is 10.3 Å². The van der Waals surface area contributed by atoms with Crippen molar-refractivity contribution < 1.29 is 9.90 Å². The van der Waals surface area contributed by atoms with Crippen LogP contribution in [-0.4, -0.2) is 24.6 Å². The summed E-state index contributed by atoms with van der Waals surface area (Å²) in [5.74, 6) is -1.18. The number of rotatable bonds is 4. The van der Waals surface area contributed by atoms with Crippen molar-refractivity contribution in [2.75, 3.05) is 13.6 Å². The van der Waals surface area contributed by atoms with Crippen LogP contribution < -0.4 is 5.11 Å². The molecule has 0 aliphatic rings. The lowest BCUT2D eigenvalue weighted by molar-refractivity contribution is -0.306. The van der Waals surface area contributed by atoms with Gasteiger partial charge in [-0.25, -0.2) is 0 Å². The zero-order chi connectivity index (χ0) is 10.4. The van der Waals surface area contributed by atoms with E-state index in [9.17, 15) is 9.90 Å². The summed E-state index contributed by atoms with van der Waals surface area (Å²) in [5, 5.41) is 18.9. The number of nitrogens with zero attached hydrogens (tertiary/aromatic N) is 3. The summed E-state index contributed by atoms with van der Waals surface area (Å²) in [5.41, 5.74) is 0.678. The minimum Gasteiger partial charge on any atom is -0.548 e. The topological polar surface area (TPSA) is 68.1 Å². The van der Waals surface area contributed by atoms with Gasteiger partial charge in [-0.2, -0.15) is 0 Å². The van der Waals surface area contributed by atoms with Crippen LogP contribution in [0, 0.1) is 0 Å². The second-order valence-electron chi connectivity index (χ2n) is 2.71. The molecule has 0 aliphatic carbocycles. The van der Waals surface area contributed by atoms with Gasteiger partial charge in [0.25, 0.3) is 0 Å².